The quantitative estimate of drug-likeness (QED) is 0.332. The molecule has 0 unspecified atom stereocenters. The highest BCUT2D eigenvalue weighted by molar-refractivity contribution is 7.59. The van der Waals surface area contributed by atoms with E-state index in [2.05, 4.69) is 12.6 Å². The Morgan fingerprint density at radius 3 is 2.25 bits per heavy atom. The number of ether oxygens (including phenoxy) is 1. The summed E-state index contributed by atoms with van der Waals surface area (Å²) in [6, 6.07) is 0. The van der Waals surface area contributed by atoms with Crippen LogP contribution in [-0.4, -0.2) is 56.9 Å². The van der Waals surface area contributed by atoms with Gasteiger partial charge in [-0.25, -0.2) is 0 Å². The van der Waals surface area contributed by atoms with Gasteiger partial charge in [0.25, 0.3) is 0 Å². The van der Waals surface area contributed by atoms with Crippen LogP contribution in [0.5, 0.6) is 0 Å². The van der Waals surface area contributed by atoms with E-state index in [0.29, 0.717) is 0 Å². The molecule has 0 aromatic heterocycles. The number of aliphatic hydroxyl groups excluding tert-OH is 4. The molecule has 0 radical (unpaired) electrons. The molecule has 6 heteroatoms. The summed E-state index contributed by atoms with van der Waals surface area (Å²) in [6.45, 7) is -0.324. The molecular formula is C6H13O5S+. The second-order valence-electron chi connectivity index (χ2n) is 2.75. The number of hydrogen-bond acceptors (Lipinski definition) is 5. The summed E-state index contributed by atoms with van der Waals surface area (Å²) < 4.78 is 4.78. The van der Waals surface area contributed by atoms with Gasteiger partial charge in [-0.2, -0.15) is 0 Å². The van der Waals surface area contributed by atoms with Gasteiger partial charge in [0.1, 0.15) is 18.3 Å². The van der Waals surface area contributed by atoms with Crippen LogP contribution in [0.3, 0.4) is 0 Å². The van der Waals surface area contributed by atoms with E-state index in [1.54, 1.807) is 0 Å². The minimum absolute atomic E-state index is 0.324. The van der Waals surface area contributed by atoms with Gasteiger partial charge in [0.05, 0.1) is 6.61 Å². The van der Waals surface area contributed by atoms with Crippen LogP contribution < -0.4 is 0 Å². The Balaban J connectivity index is 2.63. The van der Waals surface area contributed by atoms with Gasteiger partial charge in [-0.05, 0) is 12.6 Å². The maximum absolute atomic E-state index is 9.27. The molecule has 1 aliphatic heterocycles. The molecular weight excluding hydrogens is 184 g/mol. The smallest absolute Gasteiger partial charge is 0.184 e. The Bertz CT molecular complexity index is 150. The van der Waals surface area contributed by atoms with Crippen molar-refractivity contribution >= 4 is 12.6 Å². The van der Waals surface area contributed by atoms with Crippen molar-refractivity contribution in [1.29, 1.82) is 0 Å². The first-order chi connectivity index (χ1) is 5.57. The van der Waals surface area contributed by atoms with Gasteiger partial charge >= 0.3 is 0 Å². The van der Waals surface area contributed by atoms with E-state index >= 15 is 0 Å². The Morgan fingerprint density at radius 2 is 1.75 bits per heavy atom. The molecule has 72 valence electrons. The van der Waals surface area contributed by atoms with Crippen LogP contribution in [-0.2, 0) is 17.4 Å². The molecule has 5 atom stereocenters. The first-order valence-electron chi connectivity index (χ1n) is 3.59. The van der Waals surface area contributed by atoms with Crippen molar-refractivity contribution in [1.82, 2.24) is 0 Å². The molecule has 1 rings (SSSR count). The zero-order valence-corrected chi connectivity index (χ0v) is 7.29. The Morgan fingerprint density at radius 1 is 1.17 bits per heavy atom. The molecule has 4 N–H and O–H groups in total. The van der Waals surface area contributed by atoms with Crippen LogP contribution in [0, 0.1) is 0 Å². The molecule has 1 saturated heterocycles. The Labute approximate surface area is 75.0 Å². The van der Waals surface area contributed by atoms with Crippen LogP contribution in [0.2, 0.25) is 0 Å². The molecule has 0 bridgehead atoms. The average molecular weight is 197 g/mol. The SMILES string of the molecule is OC[C@H]1O[C@H](O)[C@H](O)[C@@H](O)[C@@H]1[SH2+]. The Hall–Kier alpha value is 0.150. The normalized spacial score (nSPS) is 49.2. The van der Waals surface area contributed by atoms with Crippen molar-refractivity contribution in [3.63, 3.8) is 0 Å². The summed E-state index contributed by atoms with van der Waals surface area (Å²) in [5.41, 5.74) is 0. The van der Waals surface area contributed by atoms with Gasteiger partial charge in [0.2, 0.25) is 0 Å². The van der Waals surface area contributed by atoms with Gasteiger partial charge in [0, 0.05) is 0 Å². The van der Waals surface area contributed by atoms with E-state index in [1.807, 2.05) is 0 Å². The summed E-state index contributed by atoms with van der Waals surface area (Å²) >= 11 is 3.09. The first-order valence-corrected chi connectivity index (χ1v) is 4.17. The lowest BCUT2D eigenvalue weighted by Gasteiger charge is -2.34. The highest BCUT2D eigenvalue weighted by atomic mass is 32.1. The third-order valence-electron chi connectivity index (χ3n) is 1.90. The van der Waals surface area contributed by atoms with Crippen LogP contribution >= 0.6 is 0 Å². The number of rotatable bonds is 1. The third-order valence-corrected chi connectivity index (χ3v) is 2.62. The van der Waals surface area contributed by atoms with Crippen molar-refractivity contribution in [3.8, 4) is 0 Å². The molecule has 1 fully saturated rings. The van der Waals surface area contributed by atoms with Crippen molar-refractivity contribution in [2.45, 2.75) is 29.9 Å². The zero-order valence-electron chi connectivity index (χ0n) is 6.29. The summed E-state index contributed by atoms with van der Waals surface area (Å²) in [6.07, 6.45) is -4.61. The van der Waals surface area contributed by atoms with E-state index in [-0.39, 0.29) is 6.61 Å². The molecule has 0 spiro atoms. The maximum atomic E-state index is 9.27. The van der Waals surface area contributed by atoms with Crippen molar-refractivity contribution in [2.24, 2.45) is 0 Å². The van der Waals surface area contributed by atoms with Crippen LogP contribution in [0.1, 0.15) is 0 Å². The van der Waals surface area contributed by atoms with Gasteiger partial charge < -0.3 is 25.2 Å². The molecule has 5 nitrogen and oxygen atoms in total. The van der Waals surface area contributed by atoms with Crippen LogP contribution in [0.25, 0.3) is 0 Å². The van der Waals surface area contributed by atoms with E-state index in [1.165, 1.54) is 0 Å². The van der Waals surface area contributed by atoms with Crippen LogP contribution in [0.15, 0.2) is 0 Å². The molecule has 0 aromatic rings. The third kappa shape index (κ3) is 1.73. The van der Waals surface area contributed by atoms with Crippen LogP contribution in [0.4, 0.5) is 0 Å². The molecule has 0 saturated carbocycles. The maximum Gasteiger partial charge on any atom is 0.184 e. The second kappa shape index (κ2) is 3.91. The fourth-order valence-electron chi connectivity index (χ4n) is 1.10. The molecule has 0 amide bonds. The van der Waals surface area contributed by atoms with Gasteiger partial charge in [-0.1, -0.05) is 0 Å². The summed E-state index contributed by atoms with van der Waals surface area (Å²) in [7, 11) is 0. The summed E-state index contributed by atoms with van der Waals surface area (Å²) in [5, 5.41) is 35.5. The minimum atomic E-state index is -1.44. The highest BCUT2D eigenvalue weighted by Gasteiger charge is 2.45. The van der Waals surface area contributed by atoms with Gasteiger partial charge in [-0.3, -0.25) is 0 Å². The van der Waals surface area contributed by atoms with Gasteiger partial charge in [-0.15, -0.1) is 0 Å². The number of hydrogen-bond donors (Lipinski definition) is 4. The topological polar surface area (TPSA) is 90.2 Å². The van der Waals surface area contributed by atoms with Crippen molar-refractivity contribution in [3.05, 3.63) is 0 Å². The second-order valence-corrected chi connectivity index (χ2v) is 3.42. The Kier molecular flexibility index (Phi) is 3.33. The van der Waals surface area contributed by atoms with E-state index < -0.39 is 29.9 Å². The van der Waals surface area contributed by atoms with E-state index in [9.17, 15) is 5.11 Å². The van der Waals surface area contributed by atoms with E-state index in [0.717, 1.165) is 0 Å². The lowest BCUT2D eigenvalue weighted by atomic mass is 10.0. The standard InChI is InChI=1S/C6H12O5S/c7-1-2-5(12)3(8)4(9)6(10)11-2/h2-10,12H,1H2/p+1/t2-,3-,4-,5-,6+/m1/s1. The molecule has 12 heavy (non-hydrogen) atoms. The lowest BCUT2D eigenvalue weighted by molar-refractivity contribution is -0.248. The minimum Gasteiger partial charge on any atom is -0.393 e. The largest absolute Gasteiger partial charge is 0.393 e. The van der Waals surface area contributed by atoms with Crippen molar-refractivity contribution < 1.29 is 25.2 Å². The zero-order chi connectivity index (χ0) is 9.30. The van der Waals surface area contributed by atoms with Crippen molar-refractivity contribution in [2.75, 3.05) is 6.61 Å². The van der Waals surface area contributed by atoms with Gasteiger partial charge in [0.15, 0.2) is 11.5 Å². The molecule has 0 aromatic carbocycles. The average Bonchev–Trinajstić information content (AvgIpc) is 2.08. The summed E-state index contributed by atoms with van der Waals surface area (Å²) in [5.74, 6) is 0. The monoisotopic (exact) mass is 197 g/mol. The molecule has 1 aliphatic rings. The molecule has 1 heterocycles. The highest BCUT2D eigenvalue weighted by Crippen LogP contribution is 2.19. The predicted octanol–water partition coefficient (Wildman–Crippen LogP) is -3.20. The number of aliphatic hydroxyl groups is 4. The lowest BCUT2D eigenvalue weighted by Crippen LogP contribution is -2.57. The first kappa shape index (κ1) is 10.2. The predicted molar refractivity (Wildman–Crippen MR) is 43.9 cm³/mol. The van der Waals surface area contributed by atoms with E-state index in [4.69, 9.17) is 20.1 Å². The fourth-order valence-corrected chi connectivity index (χ4v) is 1.48. The summed E-state index contributed by atoms with van der Waals surface area (Å²) in [4.78, 5) is 0. The molecule has 0 aliphatic carbocycles. The fraction of sp³-hybridized carbons (Fsp3) is 1.00.